The van der Waals surface area contributed by atoms with E-state index in [0.29, 0.717) is 23.4 Å². The molecular formula is C22H23FN8O5. The number of barbiturate groups is 1. The summed E-state index contributed by atoms with van der Waals surface area (Å²) in [6.07, 6.45) is 0.237. The summed E-state index contributed by atoms with van der Waals surface area (Å²) in [5.41, 5.74) is -1.20. The van der Waals surface area contributed by atoms with Crippen molar-refractivity contribution in [3.63, 3.8) is 0 Å². The molecule has 2 fully saturated rings. The van der Waals surface area contributed by atoms with Crippen molar-refractivity contribution in [2.75, 3.05) is 23.3 Å². The number of anilines is 2. The Morgan fingerprint density at radius 3 is 2.72 bits per heavy atom. The van der Waals surface area contributed by atoms with E-state index in [4.69, 9.17) is 9.26 Å². The Kier molecular flexibility index (Phi) is 4.80. The fourth-order valence-corrected chi connectivity index (χ4v) is 5.76. The van der Waals surface area contributed by atoms with Crippen molar-refractivity contribution in [3.8, 4) is 5.82 Å². The molecule has 3 aliphatic rings. The number of fused-ring (bicyclic) bond motifs is 5. The third-order valence-electron chi connectivity index (χ3n) is 7.03. The Bertz CT molecular complexity index is 1410. The lowest BCUT2D eigenvalue weighted by molar-refractivity contribution is -0.153. The van der Waals surface area contributed by atoms with Crippen LogP contribution in [0.1, 0.15) is 26.3 Å². The number of benzene rings is 1. The van der Waals surface area contributed by atoms with E-state index in [9.17, 15) is 14.4 Å². The first-order valence-electron chi connectivity index (χ1n) is 11.6. The predicted octanol–water partition coefficient (Wildman–Crippen LogP) is 0.870. The molecule has 6 rings (SSSR count). The molecule has 3 aliphatic heterocycles. The van der Waals surface area contributed by atoms with Crippen molar-refractivity contribution >= 4 is 40.5 Å². The van der Waals surface area contributed by atoms with Gasteiger partial charge in [0.25, 0.3) is 0 Å². The summed E-state index contributed by atoms with van der Waals surface area (Å²) in [5.74, 6) is -1.58. The van der Waals surface area contributed by atoms with Crippen molar-refractivity contribution < 1.29 is 28.0 Å². The monoisotopic (exact) mass is 498 g/mol. The number of morpholine rings is 1. The second-order valence-electron chi connectivity index (χ2n) is 9.24. The number of nitrogens with zero attached hydrogens (tertiary/aromatic N) is 5. The van der Waals surface area contributed by atoms with Crippen LogP contribution in [0, 0.1) is 11.2 Å². The third kappa shape index (κ3) is 2.90. The van der Waals surface area contributed by atoms with Crippen LogP contribution in [0.5, 0.6) is 0 Å². The Labute approximate surface area is 203 Å². The van der Waals surface area contributed by atoms with Gasteiger partial charge in [-0.25, -0.2) is 9.18 Å². The van der Waals surface area contributed by atoms with Crippen molar-refractivity contribution in [1.82, 2.24) is 30.6 Å². The number of ether oxygens (including phenoxy) is 1. The minimum absolute atomic E-state index is 0.0871. The van der Waals surface area contributed by atoms with E-state index in [1.807, 2.05) is 13.8 Å². The number of rotatable bonds is 3. The average molecular weight is 498 g/mol. The topological polar surface area (TPSA) is 157 Å². The van der Waals surface area contributed by atoms with E-state index in [2.05, 4.69) is 31.2 Å². The van der Waals surface area contributed by atoms with Gasteiger partial charge >= 0.3 is 6.03 Å². The van der Waals surface area contributed by atoms with Crippen LogP contribution < -0.4 is 20.9 Å². The number of carbonyl (C=O) groups is 3. The van der Waals surface area contributed by atoms with E-state index < -0.39 is 41.2 Å². The Hall–Kier alpha value is -4.07. The van der Waals surface area contributed by atoms with Gasteiger partial charge in [-0.15, -0.1) is 0 Å². The second-order valence-corrected chi connectivity index (χ2v) is 9.24. The molecular weight excluding hydrogens is 475 g/mol. The molecule has 36 heavy (non-hydrogen) atoms. The Morgan fingerprint density at radius 2 is 2.00 bits per heavy atom. The van der Waals surface area contributed by atoms with Gasteiger partial charge in [0.05, 0.1) is 29.3 Å². The highest BCUT2D eigenvalue weighted by Crippen LogP contribution is 2.49. The summed E-state index contributed by atoms with van der Waals surface area (Å²) >= 11 is 0. The molecule has 3 aromatic rings. The van der Waals surface area contributed by atoms with Gasteiger partial charge in [-0.05, 0) is 32.4 Å². The average Bonchev–Trinajstić information content (AvgIpc) is 3.43. The third-order valence-corrected chi connectivity index (χ3v) is 7.03. The van der Waals surface area contributed by atoms with Crippen molar-refractivity contribution in [1.29, 1.82) is 0 Å². The summed E-state index contributed by atoms with van der Waals surface area (Å²) in [5, 5.41) is 16.0. The van der Waals surface area contributed by atoms with E-state index in [1.165, 1.54) is 11.0 Å². The zero-order valence-electron chi connectivity index (χ0n) is 19.7. The van der Waals surface area contributed by atoms with Crippen LogP contribution in [-0.4, -0.2) is 69.1 Å². The molecule has 3 atom stereocenters. The predicted molar refractivity (Wildman–Crippen MR) is 122 cm³/mol. The first kappa shape index (κ1) is 22.4. The summed E-state index contributed by atoms with van der Waals surface area (Å²) in [6.45, 7) is 6.23. The van der Waals surface area contributed by atoms with E-state index in [0.717, 1.165) is 0 Å². The summed E-state index contributed by atoms with van der Waals surface area (Å²) in [4.78, 5) is 44.4. The van der Waals surface area contributed by atoms with Crippen LogP contribution in [0.15, 0.2) is 16.9 Å². The number of imide groups is 2. The molecule has 0 aliphatic carbocycles. The SMILES string of the molecule is CCNc1ncnn1-c1noc2c(F)c3c(cc12)CC1(C(=O)NC(=O)NC1=O)[C@H]1[C@H](C)O[C@H](C)CN31. The van der Waals surface area contributed by atoms with Gasteiger partial charge in [-0.2, -0.15) is 14.8 Å². The standard InChI is InChI=1S/C22H23FN8O5/c1-4-24-20-25-8-26-31(20)17-12-5-11-6-22(18(32)27-21(34)28-19(22)33)16-10(3)35-9(2)7-30(16)14(11)13(23)15(12)36-29-17/h5,8-10,16H,4,6-7H2,1-3H3,(H,24,25,26)(H2,27,28,32,33,34)/t9-,10+,16-/m1/s1. The second kappa shape index (κ2) is 7.71. The van der Waals surface area contributed by atoms with Crippen molar-refractivity contribution in [3.05, 3.63) is 23.8 Å². The number of hydrogen-bond acceptors (Lipinski definition) is 10. The highest BCUT2D eigenvalue weighted by atomic mass is 19.1. The molecule has 2 aromatic heterocycles. The van der Waals surface area contributed by atoms with Crippen LogP contribution in [0.25, 0.3) is 16.8 Å². The molecule has 1 aromatic carbocycles. The molecule has 0 saturated carbocycles. The van der Waals surface area contributed by atoms with Crippen molar-refractivity contribution in [2.24, 2.45) is 5.41 Å². The van der Waals surface area contributed by atoms with Crippen LogP contribution in [0.2, 0.25) is 0 Å². The van der Waals surface area contributed by atoms with Crippen LogP contribution in [0.4, 0.5) is 20.8 Å². The fourth-order valence-electron chi connectivity index (χ4n) is 5.76. The van der Waals surface area contributed by atoms with E-state index >= 15 is 4.39 Å². The molecule has 4 amide bonds. The molecule has 0 unspecified atom stereocenters. The lowest BCUT2D eigenvalue weighted by Crippen LogP contribution is -2.75. The molecule has 5 heterocycles. The first-order valence-corrected chi connectivity index (χ1v) is 11.6. The van der Waals surface area contributed by atoms with Crippen LogP contribution in [-0.2, 0) is 20.7 Å². The Morgan fingerprint density at radius 1 is 1.25 bits per heavy atom. The van der Waals surface area contributed by atoms with Gasteiger partial charge in [-0.1, -0.05) is 5.16 Å². The maximum atomic E-state index is 16.2. The molecule has 0 radical (unpaired) electrons. The maximum Gasteiger partial charge on any atom is 0.328 e. The zero-order chi connectivity index (χ0) is 25.4. The number of halogens is 1. The van der Waals surface area contributed by atoms with Crippen LogP contribution >= 0.6 is 0 Å². The zero-order valence-corrected chi connectivity index (χ0v) is 19.7. The van der Waals surface area contributed by atoms with Gasteiger partial charge in [-0.3, -0.25) is 20.2 Å². The minimum atomic E-state index is -1.72. The highest BCUT2D eigenvalue weighted by molar-refractivity contribution is 6.20. The van der Waals surface area contributed by atoms with Crippen molar-refractivity contribution in [2.45, 2.75) is 45.4 Å². The van der Waals surface area contributed by atoms with Crippen LogP contribution in [0.3, 0.4) is 0 Å². The lowest BCUT2D eigenvalue weighted by atomic mass is 9.66. The molecule has 2 saturated heterocycles. The van der Waals surface area contributed by atoms with Gasteiger partial charge in [0.15, 0.2) is 11.2 Å². The summed E-state index contributed by atoms with van der Waals surface area (Å²) in [7, 11) is 0. The van der Waals surface area contributed by atoms with E-state index in [1.54, 1.807) is 17.9 Å². The number of amides is 4. The molecule has 0 bridgehead atoms. The normalized spacial score (nSPS) is 24.9. The Balaban J connectivity index is 1.58. The van der Waals surface area contributed by atoms with Gasteiger partial charge < -0.3 is 19.5 Å². The fraction of sp³-hybridized carbons (Fsp3) is 0.455. The smallest absolute Gasteiger partial charge is 0.328 e. The number of carbonyl (C=O) groups excluding carboxylic acids is 3. The van der Waals surface area contributed by atoms with Gasteiger partial charge in [0.1, 0.15) is 6.33 Å². The summed E-state index contributed by atoms with van der Waals surface area (Å²) < 4.78 is 28.9. The number of hydrogen-bond donors (Lipinski definition) is 3. The minimum Gasteiger partial charge on any atom is -0.372 e. The summed E-state index contributed by atoms with van der Waals surface area (Å²) in [6, 6.07) is -0.105. The van der Waals surface area contributed by atoms with E-state index in [-0.39, 0.29) is 36.2 Å². The molecule has 1 spiro atoms. The van der Waals surface area contributed by atoms with Gasteiger partial charge in [0, 0.05) is 19.5 Å². The van der Waals surface area contributed by atoms with Gasteiger partial charge in [0.2, 0.25) is 29.2 Å². The number of aromatic nitrogens is 4. The highest BCUT2D eigenvalue weighted by Gasteiger charge is 2.63. The quantitative estimate of drug-likeness (QED) is 0.443. The first-order chi connectivity index (χ1) is 17.3. The number of nitrogens with one attached hydrogen (secondary N) is 3. The molecule has 13 nitrogen and oxygen atoms in total. The largest absolute Gasteiger partial charge is 0.372 e. The molecule has 3 N–H and O–H groups in total. The lowest BCUT2D eigenvalue weighted by Gasteiger charge is -2.55. The molecule has 188 valence electrons. The maximum absolute atomic E-state index is 16.2. The molecule has 14 heteroatoms. The number of urea groups is 1.